The van der Waals surface area contributed by atoms with Crippen LogP contribution in [0.25, 0.3) is 0 Å². The molecule has 1 N–H and O–H groups in total. The fraction of sp³-hybridized carbons (Fsp3) is 0. The van der Waals surface area contributed by atoms with Crippen LogP contribution >= 0.6 is 34.8 Å². The molecule has 1 heterocycles. The molecule has 0 atom stereocenters. The number of anilines is 1. The van der Waals surface area contributed by atoms with Gasteiger partial charge >= 0.3 is 0 Å². The molecule has 2 aromatic carbocycles. The molecule has 9 heteroatoms. The summed E-state index contributed by atoms with van der Waals surface area (Å²) >= 11 is 17.8. The number of furan rings is 1. The van der Waals surface area contributed by atoms with Crippen molar-refractivity contribution < 1.29 is 17.6 Å². The maximum absolute atomic E-state index is 12.5. The fourth-order valence-corrected chi connectivity index (χ4v) is 3.90. The molecular formula is C17H10Cl3NO4S. The van der Waals surface area contributed by atoms with Gasteiger partial charge in [-0.2, -0.15) is 0 Å². The van der Waals surface area contributed by atoms with E-state index in [-0.39, 0.29) is 31.5 Å². The van der Waals surface area contributed by atoms with Gasteiger partial charge in [0.25, 0.3) is 5.91 Å². The first-order chi connectivity index (χ1) is 12.3. The number of hydrogen-bond donors (Lipinski definition) is 1. The Morgan fingerprint density at radius 3 is 2.12 bits per heavy atom. The number of nitrogens with one attached hydrogen (secondary N) is 1. The Hall–Kier alpha value is -1.99. The largest absolute Gasteiger partial charge is 0.439 e. The molecule has 0 unspecified atom stereocenters. The minimum Gasteiger partial charge on any atom is -0.439 e. The summed E-state index contributed by atoms with van der Waals surface area (Å²) in [6.45, 7) is 0. The van der Waals surface area contributed by atoms with Gasteiger partial charge in [-0.1, -0.05) is 40.9 Å². The third-order valence-corrected chi connectivity index (χ3v) is 5.92. The van der Waals surface area contributed by atoms with Gasteiger partial charge in [0.1, 0.15) is 0 Å². The second-order valence-corrected chi connectivity index (χ2v) is 8.26. The monoisotopic (exact) mass is 429 g/mol. The lowest BCUT2D eigenvalue weighted by Gasteiger charge is -2.07. The van der Waals surface area contributed by atoms with Gasteiger partial charge in [0.2, 0.25) is 14.9 Å². The van der Waals surface area contributed by atoms with Crippen LogP contribution < -0.4 is 5.32 Å². The molecule has 3 aromatic rings. The number of amides is 1. The molecule has 1 amide bonds. The Balaban J connectivity index is 1.87. The van der Waals surface area contributed by atoms with Crippen molar-refractivity contribution in [1.82, 2.24) is 0 Å². The molecule has 0 radical (unpaired) electrons. The van der Waals surface area contributed by atoms with Gasteiger partial charge in [-0.3, -0.25) is 4.79 Å². The van der Waals surface area contributed by atoms with Crippen LogP contribution in [0.3, 0.4) is 0 Å². The number of carbonyl (C=O) groups excluding carboxylic acids is 1. The summed E-state index contributed by atoms with van der Waals surface area (Å²) in [6.07, 6.45) is 0. The topological polar surface area (TPSA) is 76.4 Å². The predicted octanol–water partition coefficient (Wildman–Crippen LogP) is 5.32. The number of rotatable bonds is 4. The molecule has 134 valence electrons. The highest BCUT2D eigenvalue weighted by atomic mass is 35.5. The molecule has 0 saturated carbocycles. The van der Waals surface area contributed by atoms with Gasteiger partial charge in [-0.25, -0.2) is 8.42 Å². The van der Waals surface area contributed by atoms with Gasteiger partial charge in [0, 0.05) is 5.02 Å². The molecule has 0 aliphatic carbocycles. The lowest BCUT2D eigenvalue weighted by Crippen LogP contribution is -2.11. The van der Waals surface area contributed by atoms with Crippen LogP contribution in [-0.2, 0) is 9.84 Å². The zero-order chi connectivity index (χ0) is 18.9. The average Bonchev–Trinajstić information content (AvgIpc) is 3.09. The average molecular weight is 431 g/mol. The van der Waals surface area contributed by atoms with Crippen LogP contribution in [0.15, 0.2) is 69.0 Å². The van der Waals surface area contributed by atoms with E-state index < -0.39 is 15.7 Å². The van der Waals surface area contributed by atoms with Crippen molar-refractivity contribution in [2.45, 2.75) is 9.99 Å². The Bertz CT molecular complexity index is 1060. The number of carbonyl (C=O) groups is 1. The number of para-hydroxylation sites is 1. The van der Waals surface area contributed by atoms with E-state index in [0.717, 1.165) is 0 Å². The first kappa shape index (κ1) is 18.8. The van der Waals surface area contributed by atoms with Crippen molar-refractivity contribution >= 4 is 56.2 Å². The van der Waals surface area contributed by atoms with E-state index in [0.29, 0.717) is 5.02 Å². The summed E-state index contributed by atoms with van der Waals surface area (Å²) in [7, 11) is -3.92. The van der Waals surface area contributed by atoms with Crippen LogP contribution in [0.1, 0.15) is 10.6 Å². The number of sulfone groups is 1. The molecule has 26 heavy (non-hydrogen) atoms. The maximum atomic E-state index is 12.5. The van der Waals surface area contributed by atoms with E-state index in [1.807, 2.05) is 0 Å². The molecule has 5 nitrogen and oxygen atoms in total. The van der Waals surface area contributed by atoms with E-state index in [4.69, 9.17) is 39.2 Å². The van der Waals surface area contributed by atoms with Gasteiger partial charge < -0.3 is 9.73 Å². The molecule has 0 aliphatic heterocycles. The van der Waals surface area contributed by atoms with Crippen molar-refractivity contribution in [3.63, 3.8) is 0 Å². The Kier molecular flexibility index (Phi) is 5.29. The third-order valence-electron chi connectivity index (χ3n) is 3.40. The SMILES string of the molecule is O=C(Nc1c(Cl)cccc1Cl)c1ccc(S(=O)(=O)c2ccc(Cl)cc2)o1. The maximum Gasteiger partial charge on any atom is 0.291 e. The van der Waals surface area contributed by atoms with Crippen molar-refractivity contribution in [1.29, 1.82) is 0 Å². The highest BCUT2D eigenvalue weighted by molar-refractivity contribution is 7.91. The molecule has 0 fully saturated rings. The second-order valence-electron chi connectivity index (χ2n) is 5.13. The number of halogens is 3. The molecular weight excluding hydrogens is 421 g/mol. The van der Waals surface area contributed by atoms with Crippen LogP contribution in [0.4, 0.5) is 5.69 Å². The Labute approximate surface area is 164 Å². The summed E-state index contributed by atoms with van der Waals surface area (Å²) in [5.41, 5.74) is 0.208. The van der Waals surface area contributed by atoms with Crippen molar-refractivity contribution in [3.8, 4) is 0 Å². The standard InChI is InChI=1S/C17H10Cl3NO4S/c18-10-4-6-11(7-5-10)26(23,24)15-9-8-14(25-15)17(22)21-16-12(19)2-1-3-13(16)20/h1-9H,(H,21,22). The minimum atomic E-state index is -3.92. The first-order valence-electron chi connectivity index (χ1n) is 7.15. The Morgan fingerprint density at radius 1 is 0.885 bits per heavy atom. The molecule has 0 bridgehead atoms. The van der Waals surface area contributed by atoms with Gasteiger partial charge in [-0.05, 0) is 48.5 Å². The number of hydrogen-bond acceptors (Lipinski definition) is 4. The van der Waals surface area contributed by atoms with Crippen molar-refractivity contribution in [3.05, 3.63) is 75.4 Å². The van der Waals surface area contributed by atoms with Gasteiger partial charge in [-0.15, -0.1) is 0 Å². The predicted molar refractivity (Wildman–Crippen MR) is 100 cm³/mol. The van der Waals surface area contributed by atoms with Crippen LogP contribution in [0.5, 0.6) is 0 Å². The van der Waals surface area contributed by atoms with E-state index in [2.05, 4.69) is 5.32 Å². The zero-order valence-electron chi connectivity index (χ0n) is 12.9. The van der Waals surface area contributed by atoms with Crippen molar-refractivity contribution in [2.75, 3.05) is 5.32 Å². The smallest absolute Gasteiger partial charge is 0.291 e. The zero-order valence-corrected chi connectivity index (χ0v) is 16.0. The molecule has 0 saturated heterocycles. The molecule has 3 rings (SSSR count). The normalized spacial score (nSPS) is 11.3. The lowest BCUT2D eigenvalue weighted by atomic mass is 10.3. The highest BCUT2D eigenvalue weighted by Crippen LogP contribution is 2.31. The number of benzene rings is 2. The summed E-state index contributed by atoms with van der Waals surface area (Å²) in [4.78, 5) is 12.3. The lowest BCUT2D eigenvalue weighted by molar-refractivity contribution is 0.0991. The summed E-state index contributed by atoms with van der Waals surface area (Å²) in [5.74, 6) is -0.883. The first-order valence-corrected chi connectivity index (χ1v) is 9.76. The third kappa shape index (κ3) is 3.73. The van der Waals surface area contributed by atoms with Crippen LogP contribution in [0, 0.1) is 0 Å². The van der Waals surface area contributed by atoms with Gasteiger partial charge in [0.05, 0.1) is 20.6 Å². The van der Waals surface area contributed by atoms with E-state index in [1.54, 1.807) is 18.2 Å². The second kappa shape index (κ2) is 7.32. The Morgan fingerprint density at radius 2 is 1.50 bits per heavy atom. The van der Waals surface area contributed by atoms with Crippen molar-refractivity contribution in [2.24, 2.45) is 0 Å². The molecule has 0 aliphatic rings. The highest BCUT2D eigenvalue weighted by Gasteiger charge is 2.24. The van der Waals surface area contributed by atoms with E-state index in [9.17, 15) is 13.2 Å². The summed E-state index contributed by atoms with van der Waals surface area (Å²) in [6, 6.07) is 12.8. The van der Waals surface area contributed by atoms with E-state index in [1.165, 1.54) is 36.4 Å². The molecule has 0 spiro atoms. The summed E-state index contributed by atoms with van der Waals surface area (Å²) in [5, 5.41) is 3.02. The van der Waals surface area contributed by atoms with Gasteiger partial charge in [0.15, 0.2) is 5.76 Å². The quantitative estimate of drug-likeness (QED) is 0.607. The van der Waals surface area contributed by atoms with Crippen LogP contribution in [-0.4, -0.2) is 14.3 Å². The van der Waals surface area contributed by atoms with Crippen LogP contribution in [0.2, 0.25) is 15.1 Å². The van der Waals surface area contributed by atoms with E-state index >= 15 is 0 Å². The fourth-order valence-electron chi connectivity index (χ4n) is 2.11. The minimum absolute atomic E-state index is 0.00245. The summed E-state index contributed by atoms with van der Waals surface area (Å²) < 4.78 is 30.3. The molecule has 1 aromatic heterocycles.